The number of halogens is 2. The molecule has 0 aliphatic carbocycles. The van der Waals surface area contributed by atoms with Gasteiger partial charge in [-0.15, -0.1) is 0 Å². The number of benzene rings is 4. The van der Waals surface area contributed by atoms with Crippen LogP contribution in [-0.2, 0) is 11.4 Å². The number of nitrogens with one attached hydrogen (secondary N) is 2. The van der Waals surface area contributed by atoms with E-state index in [1.165, 1.54) is 10.8 Å². The average molecular weight is 611 g/mol. The number of carbonyl (C=O) groups excluding carboxylic acids is 1. The van der Waals surface area contributed by atoms with Gasteiger partial charge in [-0.3, -0.25) is 4.79 Å². The first-order valence-corrected chi connectivity index (χ1v) is 12.7. The van der Waals surface area contributed by atoms with Crippen LogP contribution in [0.5, 0.6) is 17.2 Å². The quantitative estimate of drug-likeness (QED) is 0.182. The molecule has 0 saturated carbocycles. The second kappa shape index (κ2) is 11.0. The molecule has 1 aliphatic heterocycles. The molecule has 0 radical (unpaired) electrons. The Bertz CT molecular complexity index is 1430. The van der Waals surface area contributed by atoms with E-state index in [-0.39, 0.29) is 19.2 Å². The first-order chi connectivity index (χ1) is 17.6. The minimum absolute atomic E-state index is 0.0608. The molecule has 5 rings (SSSR count). The first-order valence-electron chi connectivity index (χ1n) is 11.1. The van der Waals surface area contributed by atoms with Crippen molar-refractivity contribution in [2.45, 2.75) is 6.61 Å². The van der Waals surface area contributed by atoms with E-state index < -0.39 is 0 Å². The van der Waals surface area contributed by atoms with Crippen molar-refractivity contribution in [1.29, 1.82) is 0 Å². The monoisotopic (exact) mass is 609 g/mol. The van der Waals surface area contributed by atoms with Gasteiger partial charge in [0.2, 0.25) is 6.79 Å². The summed E-state index contributed by atoms with van der Waals surface area (Å²) in [6.45, 7) is 0.696. The minimum Gasteiger partial charge on any atom is -0.487 e. The first kappa shape index (κ1) is 24.1. The third kappa shape index (κ3) is 5.63. The number of carbonyl (C=O) groups is 1. The van der Waals surface area contributed by atoms with Crippen molar-refractivity contribution in [2.24, 2.45) is 5.10 Å². The van der Waals surface area contributed by atoms with Crippen molar-refractivity contribution in [1.82, 2.24) is 5.43 Å². The largest absolute Gasteiger partial charge is 0.487 e. The number of amides is 1. The van der Waals surface area contributed by atoms with Crippen molar-refractivity contribution >= 4 is 60.4 Å². The number of fused-ring (bicyclic) bond motifs is 2. The molecule has 1 aliphatic rings. The number of nitrogens with zero attached hydrogens (tertiary/aromatic N) is 1. The molecule has 9 heteroatoms. The van der Waals surface area contributed by atoms with Crippen molar-refractivity contribution in [3.8, 4) is 17.2 Å². The summed E-state index contributed by atoms with van der Waals surface area (Å²) < 4.78 is 18.3. The molecule has 4 aromatic rings. The fourth-order valence-electron chi connectivity index (χ4n) is 3.77. The Morgan fingerprint density at radius 2 is 1.75 bits per heavy atom. The topological polar surface area (TPSA) is 81.2 Å². The fraction of sp³-hybridized carbons (Fsp3) is 0.111. The Kier molecular flexibility index (Phi) is 7.39. The van der Waals surface area contributed by atoms with Gasteiger partial charge in [0, 0.05) is 11.8 Å². The van der Waals surface area contributed by atoms with Crippen LogP contribution in [0.2, 0.25) is 0 Å². The molecule has 4 aromatic carbocycles. The summed E-state index contributed by atoms with van der Waals surface area (Å²) >= 11 is 7.16. The van der Waals surface area contributed by atoms with E-state index in [0.29, 0.717) is 23.9 Å². The van der Waals surface area contributed by atoms with Crippen LogP contribution in [0.15, 0.2) is 86.8 Å². The molecular formula is C27H21Br2N3O4. The molecule has 0 spiro atoms. The molecule has 7 nitrogen and oxygen atoms in total. The van der Waals surface area contributed by atoms with E-state index in [1.54, 1.807) is 18.3 Å². The zero-order valence-electron chi connectivity index (χ0n) is 19.0. The molecule has 0 unspecified atom stereocenters. The lowest BCUT2D eigenvalue weighted by Crippen LogP contribution is -2.25. The van der Waals surface area contributed by atoms with Crippen molar-refractivity contribution < 1.29 is 19.0 Å². The van der Waals surface area contributed by atoms with Crippen LogP contribution in [0.25, 0.3) is 10.8 Å². The zero-order chi connectivity index (χ0) is 24.9. The lowest BCUT2D eigenvalue weighted by atomic mass is 10.1. The van der Waals surface area contributed by atoms with Crippen LogP contribution in [0.3, 0.4) is 0 Å². The summed E-state index contributed by atoms with van der Waals surface area (Å²) in [6.07, 6.45) is 1.57. The number of hydrogen-bond acceptors (Lipinski definition) is 6. The predicted molar refractivity (Wildman–Crippen MR) is 147 cm³/mol. The van der Waals surface area contributed by atoms with Crippen molar-refractivity contribution in [2.75, 3.05) is 18.7 Å². The molecule has 36 heavy (non-hydrogen) atoms. The number of anilines is 1. The Hall–Kier alpha value is -3.56. The Labute approximate surface area is 224 Å². The normalized spacial score (nSPS) is 12.2. The van der Waals surface area contributed by atoms with Crippen LogP contribution < -0.4 is 25.0 Å². The minimum atomic E-state index is -0.280. The molecule has 1 heterocycles. The van der Waals surface area contributed by atoms with Crippen molar-refractivity contribution in [3.63, 3.8) is 0 Å². The maximum absolute atomic E-state index is 12.2. The lowest BCUT2D eigenvalue weighted by Gasteiger charge is -2.13. The van der Waals surface area contributed by atoms with Crippen LogP contribution in [0, 0.1) is 0 Å². The summed E-state index contributed by atoms with van der Waals surface area (Å²) in [7, 11) is 0. The van der Waals surface area contributed by atoms with Gasteiger partial charge in [-0.25, -0.2) is 5.43 Å². The smallest absolute Gasteiger partial charge is 0.259 e. The Morgan fingerprint density at radius 3 is 2.61 bits per heavy atom. The van der Waals surface area contributed by atoms with Gasteiger partial charge in [0.05, 0.1) is 21.7 Å². The van der Waals surface area contributed by atoms with E-state index in [1.807, 2.05) is 36.4 Å². The third-order valence-electron chi connectivity index (χ3n) is 5.50. The predicted octanol–water partition coefficient (Wildman–Crippen LogP) is 6.23. The SMILES string of the molecule is O=C(CNc1ccc2c(c1)OCO2)N/N=C/c1cc(Br)c(OCc2cccc3ccccc23)c(Br)c1. The molecular weight excluding hydrogens is 590 g/mol. The lowest BCUT2D eigenvalue weighted by molar-refractivity contribution is -0.119. The van der Waals surface area contributed by atoms with Crippen LogP contribution in [0.4, 0.5) is 5.69 Å². The number of hydrogen-bond donors (Lipinski definition) is 2. The second-order valence-corrected chi connectivity index (χ2v) is 9.66. The molecule has 0 aromatic heterocycles. The summed E-state index contributed by atoms with van der Waals surface area (Å²) in [5, 5.41) is 9.44. The Balaban J connectivity index is 1.16. The highest BCUT2D eigenvalue weighted by molar-refractivity contribution is 9.11. The number of ether oxygens (including phenoxy) is 3. The number of hydrazone groups is 1. The molecule has 1 amide bonds. The van der Waals surface area contributed by atoms with Gasteiger partial charge < -0.3 is 19.5 Å². The van der Waals surface area contributed by atoms with E-state index in [4.69, 9.17) is 14.2 Å². The maximum Gasteiger partial charge on any atom is 0.259 e. The van der Waals surface area contributed by atoms with E-state index in [2.05, 4.69) is 72.0 Å². The van der Waals surface area contributed by atoms with Crippen molar-refractivity contribution in [3.05, 3.63) is 92.9 Å². The van der Waals surface area contributed by atoms with Gasteiger partial charge in [0.1, 0.15) is 12.4 Å². The van der Waals surface area contributed by atoms with Gasteiger partial charge >= 0.3 is 0 Å². The average Bonchev–Trinajstić information content (AvgIpc) is 3.35. The van der Waals surface area contributed by atoms with Gasteiger partial charge in [-0.05, 0) is 78.0 Å². The molecule has 182 valence electrons. The molecule has 0 bridgehead atoms. The highest BCUT2D eigenvalue weighted by Crippen LogP contribution is 2.36. The number of rotatable bonds is 8. The van der Waals surface area contributed by atoms with Gasteiger partial charge in [0.25, 0.3) is 5.91 Å². The van der Waals surface area contributed by atoms with Gasteiger partial charge in [0.15, 0.2) is 11.5 Å². The molecule has 0 atom stereocenters. The van der Waals surface area contributed by atoms with Gasteiger partial charge in [-0.2, -0.15) is 5.10 Å². The second-order valence-electron chi connectivity index (χ2n) is 7.96. The molecule has 2 N–H and O–H groups in total. The molecule has 0 saturated heterocycles. The van der Waals surface area contributed by atoms with Gasteiger partial charge in [-0.1, -0.05) is 42.5 Å². The maximum atomic E-state index is 12.2. The van der Waals surface area contributed by atoms with E-state index in [0.717, 1.165) is 25.8 Å². The van der Waals surface area contributed by atoms with E-state index >= 15 is 0 Å². The fourth-order valence-corrected chi connectivity index (χ4v) is 5.22. The van der Waals surface area contributed by atoms with Crippen LogP contribution in [-0.4, -0.2) is 25.5 Å². The van der Waals surface area contributed by atoms with E-state index in [9.17, 15) is 4.79 Å². The highest BCUT2D eigenvalue weighted by atomic mass is 79.9. The van der Waals surface area contributed by atoms with Crippen LogP contribution >= 0.6 is 31.9 Å². The Morgan fingerprint density at radius 1 is 0.972 bits per heavy atom. The summed E-state index contributed by atoms with van der Waals surface area (Å²) in [5.74, 6) is 1.75. The molecule has 0 fully saturated rings. The summed E-state index contributed by atoms with van der Waals surface area (Å²) in [6, 6.07) is 23.6. The summed E-state index contributed by atoms with van der Waals surface area (Å²) in [4.78, 5) is 12.2. The highest BCUT2D eigenvalue weighted by Gasteiger charge is 2.13. The van der Waals surface area contributed by atoms with Crippen LogP contribution in [0.1, 0.15) is 11.1 Å². The zero-order valence-corrected chi connectivity index (χ0v) is 22.1. The standard InChI is InChI=1S/C27H21Br2N3O4/c28-22-10-17(13-31-32-26(33)14-30-20-8-9-24-25(12-20)36-16-35-24)11-23(29)27(22)34-15-19-6-3-5-18-4-1-2-7-21(18)19/h1-13,30H,14-16H2,(H,32,33)/b31-13+. The third-order valence-corrected chi connectivity index (χ3v) is 6.68. The summed E-state index contributed by atoms with van der Waals surface area (Å²) in [5.41, 5.74) is 5.17.